The number of hydrogen-bond donors (Lipinski definition) is 1. The van der Waals surface area contributed by atoms with Crippen LogP contribution in [0, 0.1) is 5.92 Å². The second kappa shape index (κ2) is 7.40. The first kappa shape index (κ1) is 15.7. The van der Waals surface area contributed by atoms with E-state index < -0.39 is 0 Å². The monoisotopic (exact) mass is 298 g/mol. The molecule has 0 saturated carbocycles. The molecule has 3 aliphatic rings. The Hall–Kier alpha value is -0.160. The first-order valence-corrected chi connectivity index (χ1v) is 8.79. The maximum absolute atomic E-state index is 10.6. The topological polar surface area (TPSA) is 47.9 Å². The number of ether oxygens (including phenoxy) is 3. The SMILES string of the molecule is OC(CCC1CCCCO1)C1CCOC2(CCOCC2)C1. The molecule has 3 saturated heterocycles. The molecule has 0 aromatic rings. The quantitative estimate of drug-likeness (QED) is 0.867. The van der Waals surface area contributed by atoms with Crippen LogP contribution in [-0.4, -0.2) is 49.3 Å². The third-order valence-electron chi connectivity index (χ3n) is 5.54. The van der Waals surface area contributed by atoms with Crippen LogP contribution in [0.1, 0.15) is 57.8 Å². The largest absolute Gasteiger partial charge is 0.393 e. The van der Waals surface area contributed by atoms with Crippen LogP contribution in [0.4, 0.5) is 0 Å². The predicted octanol–water partition coefficient (Wildman–Crippen LogP) is 2.67. The van der Waals surface area contributed by atoms with E-state index in [4.69, 9.17) is 14.2 Å². The minimum atomic E-state index is -0.195. The summed E-state index contributed by atoms with van der Waals surface area (Å²) in [4.78, 5) is 0. The molecule has 0 radical (unpaired) electrons. The van der Waals surface area contributed by atoms with Gasteiger partial charge in [0.15, 0.2) is 0 Å². The number of rotatable bonds is 4. The van der Waals surface area contributed by atoms with Crippen molar-refractivity contribution in [2.45, 2.75) is 75.6 Å². The zero-order valence-corrected chi connectivity index (χ0v) is 13.1. The normalized spacial score (nSPS) is 34.7. The Kier molecular flexibility index (Phi) is 5.54. The lowest BCUT2D eigenvalue weighted by Gasteiger charge is -2.44. The van der Waals surface area contributed by atoms with Crippen LogP contribution in [0.15, 0.2) is 0 Å². The zero-order chi connectivity index (χ0) is 14.5. The molecule has 4 nitrogen and oxygen atoms in total. The third kappa shape index (κ3) is 4.19. The van der Waals surface area contributed by atoms with Gasteiger partial charge in [0.1, 0.15) is 0 Å². The van der Waals surface area contributed by atoms with Crippen molar-refractivity contribution < 1.29 is 19.3 Å². The molecule has 0 aliphatic carbocycles. The smallest absolute Gasteiger partial charge is 0.0730 e. The van der Waals surface area contributed by atoms with Gasteiger partial charge in [-0.2, -0.15) is 0 Å². The van der Waals surface area contributed by atoms with E-state index in [0.29, 0.717) is 12.0 Å². The minimum absolute atomic E-state index is 0.0104. The van der Waals surface area contributed by atoms with Gasteiger partial charge in [0.05, 0.1) is 17.8 Å². The molecule has 3 aliphatic heterocycles. The first-order chi connectivity index (χ1) is 10.3. The molecule has 21 heavy (non-hydrogen) atoms. The van der Waals surface area contributed by atoms with Gasteiger partial charge in [-0.1, -0.05) is 0 Å². The van der Waals surface area contributed by atoms with Crippen LogP contribution < -0.4 is 0 Å². The molecule has 4 heteroatoms. The summed E-state index contributed by atoms with van der Waals surface area (Å²) in [6, 6.07) is 0. The predicted molar refractivity (Wildman–Crippen MR) is 80.3 cm³/mol. The van der Waals surface area contributed by atoms with Gasteiger partial charge in [-0.25, -0.2) is 0 Å². The summed E-state index contributed by atoms with van der Waals surface area (Å²) in [7, 11) is 0. The van der Waals surface area contributed by atoms with Gasteiger partial charge in [0.25, 0.3) is 0 Å². The molecule has 3 heterocycles. The Bertz CT molecular complexity index is 302. The first-order valence-electron chi connectivity index (χ1n) is 8.79. The summed E-state index contributed by atoms with van der Waals surface area (Å²) in [5.41, 5.74) is -0.0104. The Morgan fingerprint density at radius 1 is 1.05 bits per heavy atom. The highest BCUT2D eigenvalue weighted by Crippen LogP contribution is 2.39. The fraction of sp³-hybridized carbons (Fsp3) is 1.00. The van der Waals surface area contributed by atoms with Crippen LogP contribution in [-0.2, 0) is 14.2 Å². The zero-order valence-electron chi connectivity index (χ0n) is 13.1. The van der Waals surface area contributed by atoms with E-state index in [-0.39, 0.29) is 11.7 Å². The van der Waals surface area contributed by atoms with Crippen molar-refractivity contribution in [3.63, 3.8) is 0 Å². The molecule has 0 aromatic carbocycles. The summed E-state index contributed by atoms with van der Waals surface area (Å²) in [6.07, 6.45) is 9.69. The standard InChI is InChI=1S/C17H30O4/c18-16(5-4-15-3-1-2-9-20-15)14-6-10-21-17(13-14)7-11-19-12-8-17/h14-16,18H,1-13H2. The van der Waals surface area contributed by atoms with E-state index in [1.807, 2.05) is 0 Å². The number of aliphatic hydroxyl groups is 1. The fourth-order valence-electron chi connectivity index (χ4n) is 4.11. The van der Waals surface area contributed by atoms with Gasteiger partial charge in [-0.15, -0.1) is 0 Å². The van der Waals surface area contributed by atoms with Crippen LogP contribution in [0.5, 0.6) is 0 Å². The molecule has 0 amide bonds. The maximum atomic E-state index is 10.6. The molecule has 3 atom stereocenters. The molecule has 0 aromatic heterocycles. The van der Waals surface area contributed by atoms with E-state index >= 15 is 0 Å². The fourth-order valence-corrected chi connectivity index (χ4v) is 4.11. The Labute approximate surface area is 128 Å². The Morgan fingerprint density at radius 3 is 2.67 bits per heavy atom. The summed E-state index contributed by atoms with van der Waals surface area (Å²) in [5.74, 6) is 0.389. The number of hydrogen-bond acceptors (Lipinski definition) is 4. The molecule has 1 N–H and O–H groups in total. The minimum Gasteiger partial charge on any atom is -0.393 e. The second-order valence-corrected chi connectivity index (χ2v) is 7.03. The average Bonchev–Trinajstić information content (AvgIpc) is 2.54. The van der Waals surface area contributed by atoms with E-state index in [9.17, 15) is 5.11 Å². The molecule has 0 bridgehead atoms. The molecular formula is C17H30O4. The lowest BCUT2D eigenvalue weighted by Crippen LogP contribution is -2.46. The van der Waals surface area contributed by atoms with Crippen molar-refractivity contribution >= 4 is 0 Å². The molecule has 3 fully saturated rings. The van der Waals surface area contributed by atoms with Crippen LogP contribution in [0.3, 0.4) is 0 Å². The second-order valence-electron chi connectivity index (χ2n) is 7.03. The third-order valence-corrected chi connectivity index (χ3v) is 5.54. The van der Waals surface area contributed by atoms with Crippen LogP contribution in [0.2, 0.25) is 0 Å². The summed E-state index contributed by atoms with van der Waals surface area (Å²) in [5, 5.41) is 10.6. The lowest BCUT2D eigenvalue weighted by molar-refractivity contribution is -0.159. The van der Waals surface area contributed by atoms with Crippen molar-refractivity contribution in [2.75, 3.05) is 26.4 Å². The highest BCUT2D eigenvalue weighted by molar-refractivity contribution is 4.91. The summed E-state index contributed by atoms with van der Waals surface area (Å²) >= 11 is 0. The lowest BCUT2D eigenvalue weighted by atomic mass is 9.77. The molecule has 3 unspecified atom stereocenters. The maximum Gasteiger partial charge on any atom is 0.0730 e. The van der Waals surface area contributed by atoms with E-state index in [2.05, 4.69) is 0 Å². The number of aliphatic hydroxyl groups excluding tert-OH is 1. The van der Waals surface area contributed by atoms with Crippen molar-refractivity contribution in [3.8, 4) is 0 Å². The molecule has 1 spiro atoms. The van der Waals surface area contributed by atoms with Crippen LogP contribution >= 0.6 is 0 Å². The molecule has 3 rings (SSSR count). The van der Waals surface area contributed by atoms with Gasteiger partial charge < -0.3 is 19.3 Å². The van der Waals surface area contributed by atoms with Gasteiger partial charge in [-0.3, -0.25) is 0 Å². The summed E-state index contributed by atoms with van der Waals surface area (Å²) < 4.78 is 17.3. The van der Waals surface area contributed by atoms with Gasteiger partial charge in [0.2, 0.25) is 0 Å². The van der Waals surface area contributed by atoms with Gasteiger partial charge in [0, 0.05) is 26.4 Å². The van der Waals surface area contributed by atoms with Gasteiger partial charge in [-0.05, 0) is 63.7 Å². The molecule has 122 valence electrons. The van der Waals surface area contributed by atoms with Crippen LogP contribution in [0.25, 0.3) is 0 Å². The highest BCUT2D eigenvalue weighted by Gasteiger charge is 2.40. The molecular weight excluding hydrogens is 268 g/mol. The summed E-state index contributed by atoms with van der Waals surface area (Å²) in [6.45, 7) is 3.31. The van der Waals surface area contributed by atoms with Crippen molar-refractivity contribution in [1.82, 2.24) is 0 Å². The van der Waals surface area contributed by atoms with E-state index in [1.165, 1.54) is 19.3 Å². The Morgan fingerprint density at radius 2 is 1.90 bits per heavy atom. The Balaban J connectivity index is 1.46. The average molecular weight is 298 g/mol. The van der Waals surface area contributed by atoms with Crippen molar-refractivity contribution in [2.24, 2.45) is 5.92 Å². The van der Waals surface area contributed by atoms with Gasteiger partial charge >= 0.3 is 0 Å². The highest BCUT2D eigenvalue weighted by atomic mass is 16.5. The van der Waals surface area contributed by atoms with E-state index in [1.54, 1.807) is 0 Å². The van der Waals surface area contributed by atoms with Crippen molar-refractivity contribution in [1.29, 1.82) is 0 Å². The van der Waals surface area contributed by atoms with E-state index in [0.717, 1.165) is 65.0 Å². The van der Waals surface area contributed by atoms with Crippen molar-refractivity contribution in [3.05, 3.63) is 0 Å².